The fourth-order valence-electron chi connectivity index (χ4n) is 0.606. The van der Waals surface area contributed by atoms with E-state index < -0.39 is 0 Å². The number of hydrogen-bond acceptors (Lipinski definition) is 2. The van der Waals surface area contributed by atoms with E-state index in [9.17, 15) is 0 Å². The van der Waals surface area contributed by atoms with Crippen LogP contribution in [0.1, 0.15) is 19.8 Å². The van der Waals surface area contributed by atoms with Crippen molar-refractivity contribution in [3.8, 4) is 0 Å². The number of rotatable bonds is 4. The number of aliphatic hydroxyl groups is 1. The Labute approximate surface area is 50.5 Å². The smallest absolute Gasteiger partial charge is 0.0801 e. The van der Waals surface area contributed by atoms with Crippen LogP contribution in [-0.2, 0) is 4.74 Å². The van der Waals surface area contributed by atoms with Crippen molar-refractivity contribution in [2.45, 2.75) is 25.9 Å². The number of hydrogen-bond donors (Lipinski definition) is 1. The Bertz CT molecular complexity index is 41.8. The van der Waals surface area contributed by atoms with Gasteiger partial charge in [-0.05, 0) is 6.42 Å². The highest BCUT2D eigenvalue weighted by molar-refractivity contribution is 4.51. The number of methoxy groups -OCH3 is 1. The molecule has 0 saturated heterocycles. The SMILES string of the molecule is CCC[C@@H](CO)OC. The van der Waals surface area contributed by atoms with Gasteiger partial charge in [0.15, 0.2) is 0 Å². The summed E-state index contributed by atoms with van der Waals surface area (Å²) in [5.74, 6) is 0. The van der Waals surface area contributed by atoms with Crippen LogP contribution in [0.5, 0.6) is 0 Å². The van der Waals surface area contributed by atoms with Crippen LogP contribution in [0.2, 0.25) is 0 Å². The predicted octanol–water partition coefficient (Wildman–Crippen LogP) is 0.794. The van der Waals surface area contributed by atoms with Gasteiger partial charge in [-0.2, -0.15) is 0 Å². The molecule has 2 heteroatoms. The Hall–Kier alpha value is -0.0800. The van der Waals surface area contributed by atoms with Gasteiger partial charge in [-0.1, -0.05) is 13.3 Å². The topological polar surface area (TPSA) is 29.5 Å². The zero-order valence-corrected chi connectivity index (χ0v) is 5.55. The molecule has 8 heavy (non-hydrogen) atoms. The molecule has 0 aromatic rings. The molecule has 0 spiro atoms. The van der Waals surface area contributed by atoms with Crippen molar-refractivity contribution in [3.63, 3.8) is 0 Å². The van der Waals surface area contributed by atoms with Crippen LogP contribution < -0.4 is 0 Å². The lowest BCUT2D eigenvalue weighted by Crippen LogP contribution is -2.14. The monoisotopic (exact) mass is 118 g/mol. The van der Waals surface area contributed by atoms with Gasteiger partial charge in [-0.15, -0.1) is 0 Å². The molecule has 0 rings (SSSR count). The second-order valence-corrected chi connectivity index (χ2v) is 1.83. The third-order valence-corrected chi connectivity index (χ3v) is 1.15. The lowest BCUT2D eigenvalue weighted by Gasteiger charge is -2.08. The summed E-state index contributed by atoms with van der Waals surface area (Å²) in [7, 11) is 1.62. The van der Waals surface area contributed by atoms with Gasteiger partial charge >= 0.3 is 0 Å². The third-order valence-electron chi connectivity index (χ3n) is 1.15. The molecule has 0 aliphatic rings. The van der Waals surface area contributed by atoms with Crippen LogP contribution in [0.15, 0.2) is 0 Å². The molecule has 0 bridgehead atoms. The fraction of sp³-hybridized carbons (Fsp3) is 1.00. The zero-order valence-electron chi connectivity index (χ0n) is 5.55. The Morgan fingerprint density at radius 2 is 2.25 bits per heavy atom. The van der Waals surface area contributed by atoms with E-state index in [1.165, 1.54) is 0 Å². The van der Waals surface area contributed by atoms with Crippen molar-refractivity contribution >= 4 is 0 Å². The van der Waals surface area contributed by atoms with E-state index in [-0.39, 0.29) is 12.7 Å². The van der Waals surface area contributed by atoms with E-state index in [0.29, 0.717) is 0 Å². The van der Waals surface area contributed by atoms with Gasteiger partial charge in [0.25, 0.3) is 0 Å². The Morgan fingerprint density at radius 3 is 2.38 bits per heavy atom. The lowest BCUT2D eigenvalue weighted by molar-refractivity contribution is 0.0428. The molecule has 0 fully saturated rings. The molecule has 1 N–H and O–H groups in total. The molecule has 0 heterocycles. The van der Waals surface area contributed by atoms with Crippen LogP contribution in [0.4, 0.5) is 0 Å². The van der Waals surface area contributed by atoms with Gasteiger partial charge in [0, 0.05) is 7.11 Å². The van der Waals surface area contributed by atoms with Gasteiger partial charge in [0.2, 0.25) is 0 Å². The van der Waals surface area contributed by atoms with Crippen molar-refractivity contribution in [1.82, 2.24) is 0 Å². The standard InChI is InChI=1S/C6H14O2/c1-3-4-6(5-7)8-2/h6-7H,3-5H2,1-2H3/t6-/m0/s1. The van der Waals surface area contributed by atoms with Crippen LogP contribution in [0.25, 0.3) is 0 Å². The zero-order chi connectivity index (χ0) is 6.41. The summed E-state index contributed by atoms with van der Waals surface area (Å²) in [6, 6.07) is 0. The summed E-state index contributed by atoms with van der Waals surface area (Å²) < 4.78 is 4.89. The first kappa shape index (κ1) is 7.92. The molecule has 0 saturated carbocycles. The summed E-state index contributed by atoms with van der Waals surface area (Å²) >= 11 is 0. The number of aliphatic hydroxyl groups excluding tert-OH is 1. The minimum Gasteiger partial charge on any atom is -0.394 e. The average molecular weight is 118 g/mol. The maximum Gasteiger partial charge on any atom is 0.0801 e. The molecular formula is C6H14O2. The Balaban J connectivity index is 3.07. The summed E-state index contributed by atoms with van der Waals surface area (Å²) in [6.07, 6.45) is 2.08. The molecule has 0 amide bonds. The molecule has 0 aliphatic carbocycles. The molecule has 0 radical (unpaired) electrons. The Morgan fingerprint density at radius 1 is 1.62 bits per heavy atom. The van der Waals surface area contributed by atoms with Crippen molar-refractivity contribution in [2.24, 2.45) is 0 Å². The second kappa shape index (κ2) is 5.06. The molecule has 0 unspecified atom stereocenters. The highest BCUT2D eigenvalue weighted by Gasteiger charge is 2.00. The maximum absolute atomic E-state index is 8.53. The van der Waals surface area contributed by atoms with E-state index in [0.717, 1.165) is 12.8 Å². The highest BCUT2D eigenvalue weighted by Crippen LogP contribution is 1.97. The summed E-state index contributed by atoms with van der Waals surface area (Å²) in [4.78, 5) is 0. The molecular weight excluding hydrogens is 104 g/mol. The fourth-order valence-corrected chi connectivity index (χ4v) is 0.606. The summed E-state index contributed by atoms with van der Waals surface area (Å²) in [5, 5.41) is 8.53. The van der Waals surface area contributed by atoms with Crippen molar-refractivity contribution in [3.05, 3.63) is 0 Å². The highest BCUT2D eigenvalue weighted by atomic mass is 16.5. The second-order valence-electron chi connectivity index (χ2n) is 1.83. The lowest BCUT2D eigenvalue weighted by atomic mass is 10.2. The number of ether oxygens (including phenoxy) is 1. The quantitative estimate of drug-likeness (QED) is 0.591. The summed E-state index contributed by atoms with van der Waals surface area (Å²) in [5.41, 5.74) is 0. The van der Waals surface area contributed by atoms with Crippen LogP contribution >= 0.6 is 0 Å². The largest absolute Gasteiger partial charge is 0.394 e. The van der Waals surface area contributed by atoms with Crippen LogP contribution in [-0.4, -0.2) is 24.9 Å². The van der Waals surface area contributed by atoms with E-state index >= 15 is 0 Å². The van der Waals surface area contributed by atoms with Gasteiger partial charge in [-0.3, -0.25) is 0 Å². The first-order valence-corrected chi connectivity index (χ1v) is 2.98. The van der Waals surface area contributed by atoms with Gasteiger partial charge in [0.1, 0.15) is 0 Å². The van der Waals surface area contributed by atoms with E-state index in [1.54, 1.807) is 7.11 Å². The third kappa shape index (κ3) is 2.99. The maximum atomic E-state index is 8.53. The van der Waals surface area contributed by atoms with Crippen molar-refractivity contribution in [2.75, 3.05) is 13.7 Å². The van der Waals surface area contributed by atoms with Crippen molar-refractivity contribution < 1.29 is 9.84 Å². The molecule has 0 aliphatic heterocycles. The minimum absolute atomic E-state index is 0.0556. The normalized spacial score (nSPS) is 13.9. The molecule has 50 valence electrons. The molecule has 2 nitrogen and oxygen atoms in total. The predicted molar refractivity (Wildman–Crippen MR) is 32.8 cm³/mol. The average Bonchev–Trinajstić information content (AvgIpc) is 1.83. The van der Waals surface area contributed by atoms with Crippen LogP contribution in [0, 0.1) is 0 Å². The molecule has 0 aromatic carbocycles. The van der Waals surface area contributed by atoms with E-state index in [2.05, 4.69) is 6.92 Å². The van der Waals surface area contributed by atoms with Gasteiger partial charge in [-0.25, -0.2) is 0 Å². The van der Waals surface area contributed by atoms with Gasteiger partial charge < -0.3 is 9.84 Å². The van der Waals surface area contributed by atoms with Gasteiger partial charge in [0.05, 0.1) is 12.7 Å². The minimum atomic E-state index is 0.0556. The molecule has 0 aromatic heterocycles. The molecule has 1 atom stereocenters. The first-order valence-electron chi connectivity index (χ1n) is 2.98. The van der Waals surface area contributed by atoms with Crippen LogP contribution in [0.3, 0.4) is 0 Å². The Kier molecular flexibility index (Phi) is 5.01. The summed E-state index contributed by atoms with van der Waals surface area (Å²) in [6.45, 7) is 2.21. The van der Waals surface area contributed by atoms with E-state index in [1.807, 2.05) is 0 Å². The van der Waals surface area contributed by atoms with Crippen molar-refractivity contribution in [1.29, 1.82) is 0 Å². The first-order chi connectivity index (χ1) is 3.85. The van der Waals surface area contributed by atoms with E-state index in [4.69, 9.17) is 9.84 Å².